The van der Waals surface area contributed by atoms with Crippen molar-refractivity contribution in [3.8, 4) is 11.4 Å². The summed E-state index contributed by atoms with van der Waals surface area (Å²) >= 11 is 0. The first kappa shape index (κ1) is 27.4. The van der Waals surface area contributed by atoms with Crippen LogP contribution in [-0.4, -0.2) is 36.9 Å². The van der Waals surface area contributed by atoms with Gasteiger partial charge in [0.2, 0.25) is 11.7 Å². The topological polar surface area (TPSA) is 106 Å². The highest BCUT2D eigenvalue weighted by molar-refractivity contribution is 5.88. The van der Waals surface area contributed by atoms with Crippen molar-refractivity contribution in [2.24, 2.45) is 0 Å². The molecule has 208 valence electrons. The number of nitrogens with one attached hydrogen (secondary N) is 1. The molecular formula is C30H26F2N6O3. The molecule has 41 heavy (non-hydrogen) atoms. The molecular weight excluding hydrogens is 530 g/mol. The number of halogens is 2. The molecule has 1 atom stereocenters. The van der Waals surface area contributed by atoms with E-state index in [1.807, 2.05) is 30.3 Å². The number of rotatable bonds is 10. The van der Waals surface area contributed by atoms with Gasteiger partial charge in [-0.3, -0.25) is 9.59 Å². The highest BCUT2D eigenvalue weighted by atomic mass is 19.1. The molecule has 1 N–H and O–H groups in total. The second-order valence-corrected chi connectivity index (χ2v) is 9.35. The number of amides is 2. The van der Waals surface area contributed by atoms with Gasteiger partial charge in [-0.1, -0.05) is 42.5 Å². The number of hydrogen-bond donors (Lipinski definition) is 1. The Bertz CT molecular complexity index is 1620. The molecule has 0 radical (unpaired) electrons. The van der Waals surface area contributed by atoms with Crippen LogP contribution in [0.4, 0.5) is 8.78 Å². The minimum absolute atomic E-state index is 0.0908. The summed E-state index contributed by atoms with van der Waals surface area (Å²) in [5.74, 6) is -0.646. The molecule has 0 aliphatic heterocycles. The first-order valence-corrected chi connectivity index (χ1v) is 12.8. The van der Waals surface area contributed by atoms with Crippen LogP contribution < -0.4 is 5.32 Å². The lowest BCUT2D eigenvalue weighted by atomic mass is 10.1. The van der Waals surface area contributed by atoms with Crippen molar-refractivity contribution in [2.45, 2.75) is 32.6 Å². The average Bonchev–Trinajstić information content (AvgIpc) is 3.62. The minimum Gasteiger partial charge on any atom is -0.464 e. The largest absolute Gasteiger partial charge is 0.464 e. The molecule has 2 heterocycles. The van der Waals surface area contributed by atoms with E-state index in [4.69, 9.17) is 4.42 Å². The monoisotopic (exact) mass is 556 g/mol. The summed E-state index contributed by atoms with van der Waals surface area (Å²) in [6.07, 6.45) is 0. The number of benzene rings is 3. The molecule has 0 saturated heterocycles. The Labute approximate surface area is 234 Å². The predicted molar refractivity (Wildman–Crippen MR) is 145 cm³/mol. The van der Waals surface area contributed by atoms with Gasteiger partial charge in [-0.2, -0.15) is 4.80 Å². The third-order valence-corrected chi connectivity index (χ3v) is 6.32. The van der Waals surface area contributed by atoms with Crippen LogP contribution in [0.1, 0.15) is 28.7 Å². The van der Waals surface area contributed by atoms with Gasteiger partial charge in [-0.05, 0) is 71.8 Å². The lowest BCUT2D eigenvalue weighted by molar-refractivity contribution is -0.143. The van der Waals surface area contributed by atoms with Crippen molar-refractivity contribution < 1.29 is 22.8 Å². The van der Waals surface area contributed by atoms with Crippen LogP contribution in [0.2, 0.25) is 0 Å². The van der Waals surface area contributed by atoms with Crippen molar-refractivity contribution in [1.82, 2.24) is 30.4 Å². The summed E-state index contributed by atoms with van der Waals surface area (Å²) in [5.41, 5.74) is 2.02. The molecule has 11 heteroatoms. The smallest absolute Gasteiger partial charge is 0.251 e. The summed E-state index contributed by atoms with van der Waals surface area (Å²) in [5, 5.41) is 15.1. The standard InChI is InChI=1S/C30H26F2N6O3/c1-20-7-16-26(41-20)28(30(40)33-17-21-8-12-24(31)13-9-21)37(18-22-5-3-2-4-6-22)27(39)19-38-35-29(34-36-38)23-10-14-25(32)15-11-23/h2-16,28H,17-19H2,1H3,(H,33,40)/t28-/m0/s1. The van der Waals surface area contributed by atoms with E-state index in [0.29, 0.717) is 16.9 Å². The number of aromatic nitrogens is 4. The lowest BCUT2D eigenvalue weighted by Gasteiger charge is -2.30. The van der Waals surface area contributed by atoms with Crippen LogP contribution in [0, 0.1) is 18.6 Å². The molecule has 5 aromatic rings. The van der Waals surface area contributed by atoms with Crippen LogP contribution in [-0.2, 0) is 29.2 Å². The molecule has 2 aromatic heterocycles. The Morgan fingerprint density at radius 3 is 2.24 bits per heavy atom. The highest BCUT2D eigenvalue weighted by Gasteiger charge is 2.34. The normalized spacial score (nSPS) is 11.7. The number of tetrazole rings is 1. The fourth-order valence-corrected chi connectivity index (χ4v) is 4.25. The molecule has 0 fully saturated rings. The first-order chi connectivity index (χ1) is 19.9. The van der Waals surface area contributed by atoms with Gasteiger partial charge in [0.25, 0.3) is 5.91 Å². The van der Waals surface area contributed by atoms with Crippen LogP contribution in [0.25, 0.3) is 11.4 Å². The number of nitrogens with zero attached hydrogens (tertiary/aromatic N) is 5. The maximum absolute atomic E-state index is 13.8. The number of aryl methyl sites for hydroxylation is 1. The van der Waals surface area contributed by atoms with E-state index in [1.54, 1.807) is 31.2 Å². The van der Waals surface area contributed by atoms with E-state index in [1.165, 1.54) is 41.3 Å². The van der Waals surface area contributed by atoms with E-state index in [0.717, 1.165) is 10.4 Å². The fourth-order valence-electron chi connectivity index (χ4n) is 4.25. The van der Waals surface area contributed by atoms with Crippen LogP contribution in [0.15, 0.2) is 95.4 Å². The number of hydrogen-bond acceptors (Lipinski definition) is 6. The van der Waals surface area contributed by atoms with Gasteiger partial charge in [0.1, 0.15) is 29.7 Å². The maximum Gasteiger partial charge on any atom is 0.251 e. The van der Waals surface area contributed by atoms with E-state index in [9.17, 15) is 18.4 Å². The van der Waals surface area contributed by atoms with Crippen molar-refractivity contribution in [3.05, 3.63) is 125 Å². The van der Waals surface area contributed by atoms with Gasteiger partial charge in [-0.15, -0.1) is 10.2 Å². The number of carbonyl (C=O) groups excluding carboxylic acids is 2. The zero-order chi connectivity index (χ0) is 28.8. The third kappa shape index (κ3) is 6.88. The molecule has 0 aliphatic carbocycles. The SMILES string of the molecule is Cc1ccc([C@@H](C(=O)NCc2ccc(F)cc2)N(Cc2ccccc2)C(=O)Cn2nnc(-c3ccc(F)cc3)n2)o1. The maximum atomic E-state index is 13.8. The molecule has 3 aromatic carbocycles. The molecule has 0 bridgehead atoms. The van der Waals surface area contributed by atoms with Crippen LogP contribution in [0.5, 0.6) is 0 Å². The van der Waals surface area contributed by atoms with E-state index < -0.39 is 23.7 Å². The Morgan fingerprint density at radius 2 is 1.59 bits per heavy atom. The summed E-state index contributed by atoms with van der Waals surface area (Å²) in [7, 11) is 0. The van der Waals surface area contributed by atoms with Gasteiger partial charge in [-0.25, -0.2) is 8.78 Å². The Hall–Kier alpha value is -5.19. The van der Waals surface area contributed by atoms with Gasteiger partial charge in [0.15, 0.2) is 6.04 Å². The van der Waals surface area contributed by atoms with Gasteiger partial charge >= 0.3 is 0 Å². The first-order valence-electron chi connectivity index (χ1n) is 12.8. The van der Waals surface area contributed by atoms with E-state index in [-0.39, 0.29) is 37.0 Å². The van der Waals surface area contributed by atoms with E-state index >= 15 is 0 Å². The number of furan rings is 1. The predicted octanol–water partition coefficient (Wildman–Crippen LogP) is 4.61. The molecule has 2 amide bonds. The summed E-state index contributed by atoms with van der Waals surface area (Å²) in [6, 6.07) is 22.8. The van der Waals surface area contributed by atoms with Crippen molar-refractivity contribution in [1.29, 1.82) is 0 Å². The minimum atomic E-state index is -1.13. The van der Waals surface area contributed by atoms with Crippen molar-refractivity contribution >= 4 is 11.8 Å². The van der Waals surface area contributed by atoms with Gasteiger partial charge in [0.05, 0.1) is 0 Å². The van der Waals surface area contributed by atoms with Crippen LogP contribution >= 0.6 is 0 Å². The molecule has 9 nitrogen and oxygen atoms in total. The van der Waals surface area contributed by atoms with Gasteiger partial charge < -0.3 is 14.6 Å². The quantitative estimate of drug-likeness (QED) is 0.269. The summed E-state index contributed by atoms with van der Waals surface area (Å²) in [4.78, 5) is 30.0. The second-order valence-electron chi connectivity index (χ2n) is 9.35. The Morgan fingerprint density at radius 1 is 0.902 bits per heavy atom. The average molecular weight is 557 g/mol. The molecule has 0 spiro atoms. The number of carbonyl (C=O) groups is 2. The molecule has 0 unspecified atom stereocenters. The zero-order valence-electron chi connectivity index (χ0n) is 22.1. The summed E-state index contributed by atoms with van der Waals surface area (Å²) in [6.45, 7) is 1.64. The van der Waals surface area contributed by atoms with E-state index in [2.05, 4.69) is 20.7 Å². The lowest BCUT2D eigenvalue weighted by Crippen LogP contribution is -2.44. The van der Waals surface area contributed by atoms with Gasteiger partial charge in [0, 0.05) is 18.7 Å². The Kier molecular flexibility index (Phi) is 8.23. The fraction of sp³-hybridized carbons (Fsp3) is 0.167. The van der Waals surface area contributed by atoms with Crippen LogP contribution in [0.3, 0.4) is 0 Å². The van der Waals surface area contributed by atoms with Crippen molar-refractivity contribution in [3.63, 3.8) is 0 Å². The second kappa shape index (κ2) is 12.3. The zero-order valence-corrected chi connectivity index (χ0v) is 22.1. The van der Waals surface area contributed by atoms with Crippen molar-refractivity contribution in [2.75, 3.05) is 0 Å². The molecule has 0 aliphatic rings. The molecule has 0 saturated carbocycles. The molecule has 5 rings (SSSR count). The Balaban J connectivity index is 1.43. The highest BCUT2D eigenvalue weighted by Crippen LogP contribution is 2.26. The third-order valence-electron chi connectivity index (χ3n) is 6.32. The summed E-state index contributed by atoms with van der Waals surface area (Å²) < 4.78 is 32.5.